The summed E-state index contributed by atoms with van der Waals surface area (Å²) >= 11 is 6.27. The zero-order chi connectivity index (χ0) is 12.5. The van der Waals surface area contributed by atoms with E-state index in [1.165, 1.54) is 31.4 Å². The molecule has 18 heavy (non-hydrogen) atoms. The molecule has 0 bridgehead atoms. The Kier molecular flexibility index (Phi) is 3.13. The summed E-state index contributed by atoms with van der Waals surface area (Å²) in [4.78, 5) is 4.79. The highest BCUT2D eigenvalue weighted by molar-refractivity contribution is 6.35. The van der Waals surface area contributed by atoms with Crippen LogP contribution in [0.3, 0.4) is 0 Å². The Bertz CT molecular complexity index is 574. The third-order valence-corrected chi connectivity index (χ3v) is 4.16. The fraction of sp³-hybridized carbons (Fsp3) is 0.400. The van der Waals surface area contributed by atoms with Gasteiger partial charge in [-0.1, -0.05) is 36.6 Å². The van der Waals surface area contributed by atoms with Crippen LogP contribution in [0.4, 0.5) is 5.69 Å². The molecule has 3 rings (SSSR count). The Morgan fingerprint density at radius 2 is 2.06 bits per heavy atom. The average molecular weight is 261 g/mol. The smallest absolute Gasteiger partial charge is 0.0912 e. The summed E-state index contributed by atoms with van der Waals surface area (Å²) < 4.78 is 0. The molecule has 0 unspecified atom stereocenters. The molecule has 0 radical (unpaired) electrons. The second-order valence-electron chi connectivity index (χ2n) is 4.96. The van der Waals surface area contributed by atoms with Crippen molar-refractivity contribution >= 4 is 28.2 Å². The third-order valence-electron chi connectivity index (χ3n) is 3.85. The Morgan fingerprint density at radius 3 is 2.78 bits per heavy atom. The van der Waals surface area contributed by atoms with E-state index >= 15 is 0 Å². The minimum Gasteiger partial charge on any atom is -0.388 e. The summed E-state index contributed by atoms with van der Waals surface area (Å²) in [5.74, 6) is 0.609. The number of hydrogen-bond acceptors (Lipinski definition) is 2. The molecule has 1 saturated carbocycles. The van der Waals surface area contributed by atoms with Crippen LogP contribution in [0.2, 0.25) is 5.02 Å². The molecule has 1 aromatic heterocycles. The number of pyridine rings is 1. The molecule has 1 N–H and O–H groups in total. The van der Waals surface area contributed by atoms with Gasteiger partial charge in [-0.15, -0.1) is 0 Å². The van der Waals surface area contributed by atoms with Gasteiger partial charge in [0.15, 0.2) is 0 Å². The molecule has 0 amide bonds. The van der Waals surface area contributed by atoms with Gasteiger partial charge < -0.3 is 5.32 Å². The predicted octanol–water partition coefficient (Wildman–Crippen LogP) is 4.59. The highest BCUT2D eigenvalue weighted by atomic mass is 35.5. The lowest BCUT2D eigenvalue weighted by Crippen LogP contribution is -2.00. The van der Waals surface area contributed by atoms with Crippen LogP contribution in [0.25, 0.3) is 10.9 Å². The Morgan fingerprint density at radius 1 is 1.28 bits per heavy atom. The van der Waals surface area contributed by atoms with Gasteiger partial charge in [-0.2, -0.15) is 0 Å². The van der Waals surface area contributed by atoms with Gasteiger partial charge in [-0.3, -0.25) is 4.98 Å². The van der Waals surface area contributed by atoms with Gasteiger partial charge in [-0.05, 0) is 25.0 Å². The van der Waals surface area contributed by atoms with Crippen molar-refractivity contribution in [1.29, 1.82) is 0 Å². The number of aromatic nitrogens is 1. The Labute approximate surface area is 112 Å². The van der Waals surface area contributed by atoms with Crippen LogP contribution in [-0.2, 0) is 0 Å². The van der Waals surface area contributed by atoms with E-state index in [-0.39, 0.29) is 0 Å². The molecule has 1 fully saturated rings. The van der Waals surface area contributed by atoms with Gasteiger partial charge in [0.25, 0.3) is 0 Å². The maximum Gasteiger partial charge on any atom is 0.0912 e. The van der Waals surface area contributed by atoms with Crippen molar-refractivity contribution in [3.8, 4) is 0 Å². The van der Waals surface area contributed by atoms with Gasteiger partial charge >= 0.3 is 0 Å². The molecule has 3 heteroatoms. The molecular formula is C15H17ClN2. The van der Waals surface area contributed by atoms with Crippen LogP contribution in [0.5, 0.6) is 0 Å². The molecule has 1 aromatic carbocycles. The van der Waals surface area contributed by atoms with Crippen LogP contribution in [0.1, 0.15) is 37.3 Å². The molecule has 2 nitrogen and oxygen atoms in total. The molecule has 1 heterocycles. The van der Waals surface area contributed by atoms with Crippen LogP contribution < -0.4 is 5.32 Å². The first-order valence-electron chi connectivity index (χ1n) is 6.56. The van der Waals surface area contributed by atoms with Crippen LogP contribution in [0.15, 0.2) is 24.3 Å². The number of nitrogens with one attached hydrogen (secondary N) is 1. The van der Waals surface area contributed by atoms with Crippen LogP contribution in [0, 0.1) is 0 Å². The number of benzene rings is 1. The van der Waals surface area contributed by atoms with Gasteiger partial charge in [0, 0.05) is 29.7 Å². The lowest BCUT2D eigenvalue weighted by atomic mass is 10.0. The van der Waals surface area contributed by atoms with E-state index in [2.05, 4.69) is 17.4 Å². The largest absolute Gasteiger partial charge is 0.388 e. The highest BCUT2D eigenvalue weighted by Crippen LogP contribution is 2.37. The lowest BCUT2D eigenvalue weighted by molar-refractivity contribution is 0.701. The van der Waals surface area contributed by atoms with Crippen molar-refractivity contribution in [2.75, 3.05) is 12.4 Å². The number of rotatable bonds is 2. The van der Waals surface area contributed by atoms with Gasteiger partial charge in [0.2, 0.25) is 0 Å². The normalized spacial score (nSPS) is 16.3. The van der Waals surface area contributed by atoms with Crippen molar-refractivity contribution in [2.45, 2.75) is 31.6 Å². The maximum absolute atomic E-state index is 6.27. The first-order chi connectivity index (χ1) is 8.79. The van der Waals surface area contributed by atoms with Crippen LogP contribution in [-0.4, -0.2) is 12.0 Å². The van der Waals surface area contributed by atoms with E-state index in [0.717, 1.165) is 21.6 Å². The number of fused-ring (bicyclic) bond motifs is 1. The monoisotopic (exact) mass is 260 g/mol. The van der Waals surface area contributed by atoms with Crippen molar-refractivity contribution in [2.24, 2.45) is 0 Å². The minimum atomic E-state index is 0.609. The zero-order valence-corrected chi connectivity index (χ0v) is 11.3. The summed E-state index contributed by atoms with van der Waals surface area (Å²) in [6.07, 6.45) is 5.15. The van der Waals surface area contributed by atoms with Gasteiger partial charge in [0.1, 0.15) is 0 Å². The SMILES string of the molecule is CNc1cc(C2CCCC2)nc2c(Cl)cccc12. The van der Waals surface area contributed by atoms with E-state index in [0.29, 0.717) is 5.92 Å². The second-order valence-corrected chi connectivity index (χ2v) is 5.37. The Hall–Kier alpha value is -1.28. The third kappa shape index (κ3) is 1.95. The van der Waals surface area contributed by atoms with Crippen molar-refractivity contribution in [3.05, 3.63) is 35.0 Å². The zero-order valence-electron chi connectivity index (χ0n) is 10.5. The van der Waals surface area contributed by atoms with E-state index < -0.39 is 0 Å². The van der Waals surface area contributed by atoms with E-state index in [1.54, 1.807) is 0 Å². The summed E-state index contributed by atoms with van der Waals surface area (Å²) in [5, 5.41) is 5.11. The molecular weight excluding hydrogens is 244 g/mol. The highest BCUT2D eigenvalue weighted by Gasteiger charge is 2.20. The molecule has 0 aliphatic heterocycles. The van der Waals surface area contributed by atoms with E-state index in [1.807, 2.05) is 19.2 Å². The molecule has 0 saturated heterocycles. The number of anilines is 1. The molecule has 0 atom stereocenters. The fourth-order valence-corrected chi connectivity index (χ4v) is 3.09. The van der Waals surface area contributed by atoms with Crippen LogP contribution >= 0.6 is 11.6 Å². The van der Waals surface area contributed by atoms with Gasteiger partial charge in [0.05, 0.1) is 10.5 Å². The van der Waals surface area contributed by atoms with E-state index in [9.17, 15) is 0 Å². The summed E-state index contributed by atoms with van der Waals surface area (Å²) in [5.41, 5.74) is 3.25. The molecule has 2 aromatic rings. The minimum absolute atomic E-state index is 0.609. The molecule has 0 spiro atoms. The lowest BCUT2D eigenvalue weighted by Gasteiger charge is -2.14. The number of para-hydroxylation sites is 1. The first kappa shape index (κ1) is 11.8. The average Bonchev–Trinajstić information content (AvgIpc) is 2.92. The quantitative estimate of drug-likeness (QED) is 0.854. The van der Waals surface area contributed by atoms with Crippen molar-refractivity contribution in [1.82, 2.24) is 4.98 Å². The molecule has 1 aliphatic carbocycles. The summed E-state index contributed by atoms with van der Waals surface area (Å²) in [7, 11) is 1.95. The second kappa shape index (κ2) is 4.77. The number of nitrogens with zero attached hydrogens (tertiary/aromatic N) is 1. The van der Waals surface area contributed by atoms with Gasteiger partial charge in [-0.25, -0.2) is 0 Å². The fourth-order valence-electron chi connectivity index (χ4n) is 2.87. The molecule has 94 valence electrons. The Balaban J connectivity index is 2.19. The topological polar surface area (TPSA) is 24.9 Å². The number of hydrogen-bond donors (Lipinski definition) is 1. The standard InChI is InChI=1S/C15H17ClN2/c1-17-14-9-13(10-5-2-3-6-10)18-15-11(14)7-4-8-12(15)16/h4,7-10H,2-3,5-6H2,1H3,(H,17,18). The van der Waals surface area contributed by atoms with Crippen molar-refractivity contribution in [3.63, 3.8) is 0 Å². The van der Waals surface area contributed by atoms with E-state index in [4.69, 9.17) is 16.6 Å². The predicted molar refractivity (Wildman–Crippen MR) is 77.5 cm³/mol. The first-order valence-corrected chi connectivity index (χ1v) is 6.94. The maximum atomic E-state index is 6.27. The summed E-state index contributed by atoms with van der Waals surface area (Å²) in [6.45, 7) is 0. The van der Waals surface area contributed by atoms with Crippen molar-refractivity contribution < 1.29 is 0 Å². The summed E-state index contributed by atoms with van der Waals surface area (Å²) in [6, 6.07) is 8.14. The molecule has 1 aliphatic rings. The number of halogens is 1.